The lowest BCUT2D eigenvalue weighted by Crippen LogP contribution is -2.52. The van der Waals surface area contributed by atoms with Crippen LogP contribution in [0, 0.1) is 0 Å². The highest BCUT2D eigenvalue weighted by atomic mass is 16.7. The zero-order chi connectivity index (χ0) is 19.7. The van der Waals surface area contributed by atoms with E-state index in [4.69, 9.17) is 9.47 Å². The van der Waals surface area contributed by atoms with Crippen LogP contribution in [0.1, 0.15) is 26.2 Å². The number of amides is 1. The molecule has 1 aromatic carbocycles. The summed E-state index contributed by atoms with van der Waals surface area (Å²) in [6.07, 6.45) is 2.35. The van der Waals surface area contributed by atoms with Gasteiger partial charge in [0.2, 0.25) is 5.91 Å². The Balaban J connectivity index is 1.70. The molecule has 0 spiro atoms. The van der Waals surface area contributed by atoms with Crippen molar-refractivity contribution in [2.75, 3.05) is 19.8 Å². The minimum Gasteiger partial charge on any atom is -0.348 e. The van der Waals surface area contributed by atoms with Crippen molar-refractivity contribution in [3.8, 4) is 0 Å². The molecule has 150 valence electrons. The molecule has 1 aromatic heterocycles. The highest BCUT2D eigenvalue weighted by Gasteiger charge is 2.36. The van der Waals surface area contributed by atoms with Gasteiger partial charge in [0.15, 0.2) is 6.29 Å². The Bertz CT molecular complexity index is 989. The summed E-state index contributed by atoms with van der Waals surface area (Å²) in [5.41, 5.74) is -0.297. The smallest absolute Gasteiger partial charge is 0.331 e. The van der Waals surface area contributed by atoms with Gasteiger partial charge >= 0.3 is 5.69 Å². The van der Waals surface area contributed by atoms with E-state index in [1.54, 1.807) is 36.1 Å². The topological polar surface area (TPSA) is 82.8 Å². The first-order valence-electron chi connectivity index (χ1n) is 9.87. The number of nitrogens with zero attached hydrogens (tertiary/aromatic N) is 3. The van der Waals surface area contributed by atoms with Crippen LogP contribution in [0.3, 0.4) is 0 Å². The van der Waals surface area contributed by atoms with E-state index >= 15 is 0 Å². The molecule has 1 unspecified atom stereocenters. The van der Waals surface area contributed by atoms with Gasteiger partial charge in [0, 0.05) is 13.1 Å². The van der Waals surface area contributed by atoms with Crippen LogP contribution in [0.5, 0.6) is 0 Å². The summed E-state index contributed by atoms with van der Waals surface area (Å²) in [5, 5.41) is 0.439. The van der Waals surface area contributed by atoms with E-state index in [1.807, 2.05) is 0 Å². The van der Waals surface area contributed by atoms with Crippen LogP contribution in [0.2, 0.25) is 0 Å². The van der Waals surface area contributed by atoms with Gasteiger partial charge in [-0.3, -0.25) is 18.7 Å². The fraction of sp³-hybridized carbons (Fsp3) is 0.550. The summed E-state index contributed by atoms with van der Waals surface area (Å²) in [4.78, 5) is 40.4. The van der Waals surface area contributed by atoms with E-state index in [-0.39, 0.29) is 30.6 Å². The standard InChI is InChI=1S/C20H25N3O5/c1-2-21-18(25)14-7-3-4-8-15(14)23(20(21)26)13-17(24)22-10-6-5-9-16(22)19-27-11-12-28-19/h3-4,7-8,16,19H,2,5-6,9-13H2,1H3. The third kappa shape index (κ3) is 3.27. The van der Waals surface area contributed by atoms with Crippen molar-refractivity contribution in [3.63, 3.8) is 0 Å². The number of para-hydroxylation sites is 1. The molecule has 1 atom stereocenters. The number of piperidine rings is 1. The van der Waals surface area contributed by atoms with E-state index in [0.717, 1.165) is 19.3 Å². The molecule has 4 rings (SSSR count). The monoisotopic (exact) mass is 387 g/mol. The summed E-state index contributed by atoms with van der Waals surface area (Å²) >= 11 is 0. The van der Waals surface area contributed by atoms with Gasteiger partial charge in [0.25, 0.3) is 5.56 Å². The highest BCUT2D eigenvalue weighted by molar-refractivity contribution is 5.82. The molecule has 0 N–H and O–H groups in total. The molecule has 0 radical (unpaired) electrons. The second-order valence-corrected chi connectivity index (χ2v) is 7.20. The van der Waals surface area contributed by atoms with Crippen LogP contribution in [-0.4, -0.2) is 52.0 Å². The van der Waals surface area contributed by atoms with Crippen molar-refractivity contribution in [3.05, 3.63) is 45.1 Å². The van der Waals surface area contributed by atoms with Crippen LogP contribution in [-0.2, 0) is 27.4 Å². The van der Waals surface area contributed by atoms with Crippen molar-refractivity contribution >= 4 is 16.8 Å². The van der Waals surface area contributed by atoms with E-state index in [2.05, 4.69) is 0 Å². The third-order valence-electron chi connectivity index (χ3n) is 5.57. The number of carbonyl (C=O) groups excluding carboxylic acids is 1. The average molecular weight is 387 g/mol. The Kier molecular flexibility index (Phi) is 5.32. The van der Waals surface area contributed by atoms with Crippen LogP contribution >= 0.6 is 0 Å². The number of carbonyl (C=O) groups is 1. The number of fused-ring (bicyclic) bond motifs is 1. The maximum absolute atomic E-state index is 13.2. The minimum atomic E-state index is -0.457. The van der Waals surface area contributed by atoms with E-state index in [1.165, 1.54) is 9.13 Å². The second-order valence-electron chi connectivity index (χ2n) is 7.20. The lowest BCUT2D eigenvalue weighted by molar-refractivity contribution is -0.151. The Morgan fingerprint density at radius 2 is 1.86 bits per heavy atom. The first-order valence-corrected chi connectivity index (χ1v) is 9.87. The van der Waals surface area contributed by atoms with Gasteiger partial charge < -0.3 is 14.4 Å². The highest BCUT2D eigenvalue weighted by Crippen LogP contribution is 2.25. The molecule has 2 saturated heterocycles. The number of likely N-dealkylation sites (tertiary alicyclic amines) is 1. The number of hydrogen-bond acceptors (Lipinski definition) is 5. The molecule has 2 aromatic rings. The lowest BCUT2D eigenvalue weighted by Gasteiger charge is -2.38. The number of rotatable bonds is 4. The predicted octanol–water partition coefficient (Wildman–Crippen LogP) is 0.937. The predicted molar refractivity (Wildman–Crippen MR) is 103 cm³/mol. The summed E-state index contributed by atoms with van der Waals surface area (Å²) in [7, 11) is 0. The maximum Gasteiger partial charge on any atom is 0.331 e. The number of hydrogen-bond donors (Lipinski definition) is 0. The van der Waals surface area contributed by atoms with Gasteiger partial charge in [-0.2, -0.15) is 0 Å². The third-order valence-corrected chi connectivity index (χ3v) is 5.57. The normalized spacial score (nSPS) is 20.8. The molecule has 3 heterocycles. The number of aromatic nitrogens is 2. The molecule has 2 fully saturated rings. The molecule has 8 nitrogen and oxygen atoms in total. The zero-order valence-electron chi connectivity index (χ0n) is 16.0. The van der Waals surface area contributed by atoms with E-state index in [9.17, 15) is 14.4 Å². The van der Waals surface area contributed by atoms with Gasteiger partial charge in [-0.05, 0) is 38.3 Å². The molecule has 1 amide bonds. The maximum atomic E-state index is 13.2. The van der Waals surface area contributed by atoms with Crippen molar-refractivity contribution in [1.29, 1.82) is 0 Å². The molecule has 2 aliphatic heterocycles. The Morgan fingerprint density at radius 3 is 2.61 bits per heavy atom. The Labute approximate surface area is 162 Å². The summed E-state index contributed by atoms with van der Waals surface area (Å²) in [5.74, 6) is -0.155. The van der Waals surface area contributed by atoms with Crippen molar-refractivity contribution in [2.24, 2.45) is 0 Å². The van der Waals surface area contributed by atoms with Crippen molar-refractivity contribution in [1.82, 2.24) is 14.0 Å². The van der Waals surface area contributed by atoms with Gasteiger partial charge in [-0.25, -0.2) is 4.79 Å². The molecule has 8 heteroatoms. The lowest BCUT2D eigenvalue weighted by atomic mass is 10.0. The van der Waals surface area contributed by atoms with Crippen LogP contribution in [0.25, 0.3) is 10.9 Å². The second kappa shape index (κ2) is 7.89. The molecule has 0 aliphatic carbocycles. The molecule has 0 bridgehead atoms. The first-order chi connectivity index (χ1) is 13.6. The van der Waals surface area contributed by atoms with Crippen LogP contribution < -0.4 is 11.2 Å². The van der Waals surface area contributed by atoms with Gasteiger partial charge in [0.05, 0.1) is 30.2 Å². The molecule has 28 heavy (non-hydrogen) atoms. The fourth-order valence-electron chi connectivity index (χ4n) is 4.18. The molecule has 2 aliphatic rings. The van der Waals surface area contributed by atoms with Gasteiger partial charge in [0.1, 0.15) is 6.54 Å². The Hall–Kier alpha value is -2.45. The SMILES string of the molecule is CCn1c(=O)c2ccccc2n(CC(=O)N2CCCCC2C2OCCO2)c1=O. The van der Waals surface area contributed by atoms with Crippen molar-refractivity contribution < 1.29 is 14.3 Å². The average Bonchev–Trinajstić information content (AvgIpc) is 3.26. The van der Waals surface area contributed by atoms with E-state index < -0.39 is 12.0 Å². The fourth-order valence-corrected chi connectivity index (χ4v) is 4.18. The number of benzene rings is 1. The quantitative estimate of drug-likeness (QED) is 0.780. The summed E-state index contributed by atoms with van der Waals surface area (Å²) < 4.78 is 13.9. The Morgan fingerprint density at radius 1 is 1.11 bits per heavy atom. The van der Waals surface area contributed by atoms with Gasteiger partial charge in [-0.15, -0.1) is 0 Å². The van der Waals surface area contributed by atoms with Crippen LogP contribution in [0.15, 0.2) is 33.9 Å². The zero-order valence-corrected chi connectivity index (χ0v) is 16.0. The first kappa shape index (κ1) is 18.9. The summed E-state index contributed by atoms with van der Waals surface area (Å²) in [6.45, 7) is 3.59. The molecule has 0 saturated carbocycles. The minimum absolute atomic E-state index is 0.108. The van der Waals surface area contributed by atoms with Crippen LogP contribution in [0.4, 0.5) is 0 Å². The van der Waals surface area contributed by atoms with Gasteiger partial charge in [-0.1, -0.05) is 12.1 Å². The molecular weight excluding hydrogens is 362 g/mol. The summed E-state index contributed by atoms with van der Waals surface area (Å²) in [6, 6.07) is 6.79. The largest absolute Gasteiger partial charge is 0.348 e. The van der Waals surface area contributed by atoms with E-state index in [0.29, 0.717) is 30.7 Å². The number of ether oxygens (including phenoxy) is 2. The molecular formula is C20H25N3O5. The van der Waals surface area contributed by atoms with Crippen molar-refractivity contribution in [2.45, 2.75) is 51.6 Å².